The summed E-state index contributed by atoms with van der Waals surface area (Å²) < 4.78 is 3.86. The quantitative estimate of drug-likeness (QED) is 0.525. The van der Waals surface area contributed by atoms with Gasteiger partial charge in [-0.3, -0.25) is 14.8 Å². The lowest BCUT2D eigenvalue weighted by Gasteiger charge is -1.70. The van der Waals surface area contributed by atoms with Gasteiger partial charge < -0.3 is 4.74 Å². The van der Waals surface area contributed by atoms with Gasteiger partial charge in [-0.25, -0.2) is 0 Å². The molecule has 0 aliphatic rings. The second-order valence-corrected chi connectivity index (χ2v) is 1.23. The summed E-state index contributed by atoms with van der Waals surface area (Å²) in [5, 5.41) is 0. The SMILES string of the molecule is COC=O.c1cnccn1. The summed E-state index contributed by atoms with van der Waals surface area (Å²) in [7, 11) is 1.31. The van der Waals surface area contributed by atoms with E-state index in [4.69, 9.17) is 4.79 Å². The molecule has 0 aromatic carbocycles. The largest absolute Gasteiger partial charge is 0.471 e. The zero-order valence-corrected chi connectivity index (χ0v) is 5.60. The van der Waals surface area contributed by atoms with Crippen LogP contribution in [0, 0.1) is 0 Å². The molecule has 0 amide bonds. The third-order valence-corrected chi connectivity index (χ3v) is 0.574. The molecule has 4 nitrogen and oxygen atoms in total. The normalized spacial score (nSPS) is 6.90. The summed E-state index contributed by atoms with van der Waals surface area (Å²) in [4.78, 5) is 16.4. The molecule has 0 bridgehead atoms. The summed E-state index contributed by atoms with van der Waals surface area (Å²) in [6.45, 7) is 0.375. The molecule has 4 heteroatoms. The Kier molecular flexibility index (Phi) is 6.46. The summed E-state index contributed by atoms with van der Waals surface area (Å²) in [5.74, 6) is 0. The minimum atomic E-state index is 0.375. The molecule has 0 unspecified atom stereocenters. The maximum absolute atomic E-state index is 8.95. The molecule has 1 aromatic rings. The van der Waals surface area contributed by atoms with Crippen LogP contribution in [0.1, 0.15) is 0 Å². The number of hydrogen-bond acceptors (Lipinski definition) is 4. The first-order chi connectivity index (χ1) is 4.91. The van der Waals surface area contributed by atoms with Gasteiger partial charge in [0.15, 0.2) is 0 Å². The van der Waals surface area contributed by atoms with Crippen molar-refractivity contribution in [2.45, 2.75) is 0 Å². The molecular formula is C6H8N2O2. The highest BCUT2D eigenvalue weighted by Gasteiger charge is 1.59. The molecule has 0 atom stereocenters. The number of rotatable bonds is 1. The molecule has 0 aliphatic heterocycles. The van der Waals surface area contributed by atoms with Crippen LogP contribution in [0.3, 0.4) is 0 Å². The number of carbonyl (C=O) groups excluding carboxylic acids is 1. The molecule has 0 N–H and O–H groups in total. The fraction of sp³-hybridized carbons (Fsp3) is 0.167. The van der Waals surface area contributed by atoms with Gasteiger partial charge in [-0.2, -0.15) is 0 Å². The number of methoxy groups -OCH3 is 1. The highest BCUT2D eigenvalue weighted by atomic mass is 16.5. The number of hydrogen-bond donors (Lipinski definition) is 0. The van der Waals surface area contributed by atoms with Crippen LogP contribution < -0.4 is 0 Å². The molecule has 0 spiro atoms. The molecule has 0 saturated heterocycles. The Balaban J connectivity index is 0.000000180. The van der Waals surface area contributed by atoms with E-state index in [2.05, 4.69) is 14.7 Å². The lowest BCUT2D eigenvalue weighted by atomic mass is 10.8. The van der Waals surface area contributed by atoms with Crippen molar-refractivity contribution >= 4 is 6.47 Å². The maximum atomic E-state index is 8.95. The fourth-order valence-electron chi connectivity index (χ4n) is 0.253. The molecule has 0 saturated carbocycles. The number of carbonyl (C=O) groups is 1. The van der Waals surface area contributed by atoms with Crippen LogP contribution in [0.25, 0.3) is 0 Å². The molecule has 1 heterocycles. The minimum Gasteiger partial charge on any atom is -0.471 e. The van der Waals surface area contributed by atoms with E-state index in [1.54, 1.807) is 24.8 Å². The van der Waals surface area contributed by atoms with Crippen molar-refractivity contribution in [1.82, 2.24) is 9.97 Å². The lowest BCUT2D eigenvalue weighted by Crippen LogP contribution is -1.68. The van der Waals surface area contributed by atoms with Crippen LogP contribution in [0.15, 0.2) is 24.8 Å². The standard InChI is InChI=1S/C4H4N2.C2H4O2/c1-2-6-4-3-5-1;1-4-2-3/h1-4H;2H,1H3. The van der Waals surface area contributed by atoms with Crippen LogP contribution in [0.2, 0.25) is 0 Å². The van der Waals surface area contributed by atoms with Crippen molar-refractivity contribution in [3.63, 3.8) is 0 Å². The second-order valence-electron chi connectivity index (χ2n) is 1.23. The van der Waals surface area contributed by atoms with Crippen molar-refractivity contribution in [1.29, 1.82) is 0 Å². The molecule has 1 aromatic heterocycles. The van der Waals surface area contributed by atoms with Crippen molar-refractivity contribution in [2.75, 3.05) is 7.11 Å². The van der Waals surface area contributed by atoms with E-state index >= 15 is 0 Å². The highest BCUT2D eigenvalue weighted by molar-refractivity contribution is 5.36. The van der Waals surface area contributed by atoms with E-state index in [0.29, 0.717) is 6.47 Å². The minimum absolute atomic E-state index is 0.375. The van der Waals surface area contributed by atoms with Gasteiger partial charge in [0.1, 0.15) is 0 Å². The lowest BCUT2D eigenvalue weighted by molar-refractivity contribution is -0.126. The van der Waals surface area contributed by atoms with Gasteiger partial charge in [0.2, 0.25) is 0 Å². The highest BCUT2D eigenvalue weighted by Crippen LogP contribution is 1.65. The van der Waals surface area contributed by atoms with Crippen LogP contribution in [0.5, 0.6) is 0 Å². The van der Waals surface area contributed by atoms with E-state index < -0.39 is 0 Å². The van der Waals surface area contributed by atoms with Gasteiger partial charge in [-0.15, -0.1) is 0 Å². The molecular weight excluding hydrogens is 132 g/mol. The van der Waals surface area contributed by atoms with E-state index in [1.807, 2.05) is 0 Å². The second kappa shape index (κ2) is 7.55. The number of ether oxygens (including phenoxy) is 1. The predicted molar refractivity (Wildman–Crippen MR) is 35.1 cm³/mol. The van der Waals surface area contributed by atoms with E-state index in [9.17, 15) is 0 Å². The molecule has 0 aliphatic carbocycles. The van der Waals surface area contributed by atoms with Gasteiger partial charge in [-0.05, 0) is 0 Å². The van der Waals surface area contributed by atoms with Gasteiger partial charge in [0.25, 0.3) is 6.47 Å². The topological polar surface area (TPSA) is 52.1 Å². The molecule has 1 rings (SSSR count). The first kappa shape index (κ1) is 8.55. The average molecular weight is 140 g/mol. The zero-order valence-electron chi connectivity index (χ0n) is 5.60. The summed E-state index contributed by atoms with van der Waals surface area (Å²) in [6.07, 6.45) is 6.56. The Bertz CT molecular complexity index is 128. The van der Waals surface area contributed by atoms with Gasteiger partial charge >= 0.3 is 0 Å². The van der Waals surface area contributed by atoms with Crippen molar-refractivity contribution < 1.29 is 9.53 Å². The number of nitrogens with zero attached hydrogens (tertiary/aromatic N) is 2. The van der Waals surface area contributed by atoms with Gasteiger partial charge in [0.05, 0.1) is 7.11 Å². The van der Waals surface area contributed by atoms with Crippen molar-refractivity contribution in [3.8, 4) is 0 Å². The van der Waals surface area contributed by atoms with E-state index in [1.165, 1.54) is 7.11 Å². The van der Waals surface area contributed by atoms with Crippen molar-refractivity contribution in [3.05, 3.63) is 24.8 Å². The smallest absolute Gasteiger partial charge is 0.292 e. The Morgan fingerprint density at radius 2 is 1.50 bits per heavy atom. The summed E-state index contributed by atoms with van der Waals surface area (Å²) in [5.41, 5.74) is 0. The Hall–Kier alpha value is -1.45. The monoisotopic (exact) mass is 140 g/mol. The van der Waals surface area contributed by atoms with E-state index in [0.717, 1.165) is 0 Å². The number of aromatic nitrogens is 2. The van der Waals surface area contributed by atoms with Gasteiger partial charge in [-0.1, -0.05) is 0 Å². The maximum Gasteiger partial charge on any atom is 0.292 e. The zero-order chi connectivity index (χ0) is 7.66. The average Bonchev–Trinajstić information content (AvgIpc) is 2.08. The Morgan fingerprint density at radius 3 is 1.60 bits per heavy atom. The third-order valence-electron chi connectivity index (χ3n) is 0.574. The predicted octanol–water partition coefficient (Wildman–Crippen LogP) is 0.266. The third kappa shape index (κ3) is 6.55. The summed E-state index contributed by atoms with van der Waals surface area (Å²) >= 11 is 0. The molecule has 54 valence electrons. The van der Waals surface area contributed by atoms with E-state index in [-0.39, 0.29) is 0 Å². The van der Waals surface area contributed by atoms with Gasteiger partial charge in [0, 0.05) is 24.8 Å². The van der Waals surface area contributed by atoms with Crippen molar-refractivity contribution in [2.24, 2.45) is 0 Å². The first-order valence-corrected chi connectivity index (χ1v) is 2.58. The first-order valence-electron chi connectivity index (χ1n) is 2.58. The van der Waals surface area contributed by atoms with Crippen LogP contribution in [0.4, 0.5) is 0 Å². The summed E-state index contributed by atoms with van der Waals surface area (Å²) in [6, 6.07) is 0. The molecule has 0 radical (unpaired) electrons. The molecule has 10 heavy (non-hydrogen) atoms. The molecule has 0 fully saturated rings. The fourth-order valence-corrected chi connectivity index (χ4v) is 0.253. The van der Waals surface area contributed by atoms with Crippen LogP contribution in [-0.4, -0.2) is 23.5 Å². The van der Waals surface area contributed by atoms with Crippen LogP contribution >= 0.6 is 0 Å². The Morgan fingerprint density at radius 1 is 1.20 bits per heavy atom. The van der Waals surface area contributed by atoms with Crippen LogP contribution in [-0.2, 0) is 9.53 Å². The Labute approximate surface area is 58.9 Å².